The second kappa shape index (κ2) is 9.05. The van der Waals surface area contributed by atoms with Gasteiger partial charge in [0, 0.05) is 36.2 Å². The number of amides is 1. The van der Waals surface area contributed by atoms with Crippen molar-refractivity contribution in [3.8, 4) is 11.4 Å². The van der Waals surface area contributed by atoms with E-state index in [0.29, 0.717) is 23.7 Å². The number of nitrogens with two attached hydrogens (primary N) is 1. The van der Waals surface area contributed by atoms with E-state index >= 15 is 0 Å². The molecule has 2 unspecified atom stereocenters. The maximum atomic E-state index is 13.1. The van der Waals surface area contributed by atoms with Crippen molar-refractivity contribution >= 4 is 18.3 Å². The zero-order valence-electron chi connectivity index (χ0n) is 17.1. The molecule has 0 spiro atoms. The number of hydrogen-bond donors (Lipinski definition) is 1. The molecule has 1 aliphatic rings. The van der Waals surface area contributed by atoms with Crippen LogP contribution in [0.1, 0.15) is 63.2 Å². The van der Waals surface area contributed by atoms with Crippen LogP contribution in [0.4, 0.5) is 0 Å². The Morgan fingerprint density at radius 1 is 1.36 bits per heavy atom. The van der Waals surface area contributed by atoms with Crippen LogP contribution in [0.15, 0.2) is 28.8 Å². The van der Waals surface area contributed by atoms with Crippen molar-refractivity contribution in [1.82, 2.24) is 15.0 Å². The molecular weight excluding hydrogens is 376 g/mol. The molecule has 0 radical (unpaired) electrons. The van der Waals surface area contributed by atoms with E-state index in [1.807, 2.05) is 36.1 Å². The third kappa shape index (κ3) is 5.32. The lowest BCUT2D eigenvalue weighted by molar-refractivity contribution is 0.0584. The number of benzene rings is 1. The zero-order chi connectivity index (χ0) is 19.6. The maximum absolute atomic E-state index is 13.1. The summed E-state index contributed by atoms with van der Waals surface area (Å²) in [6.45, 7) is 9.12. The molecule has 1 aromatic heterocycles. The van der Waals surface area contributed by atoms with E-state index in [0.717, 1.165) is 31.4 Å². The molecule has 3 rings (SSSR count). The third-order valence-corrected chi connectivity index (χ3v) is 4.93. The summed E-state index contributed by atoms with van der Waals surface area (Å²) in [4.78, 5) is 19.5. The molecule has 28 heavy (non-hydrogen) atoms. The molecule has 1 aliphatic heterocycles. The first-order valence-electron chi connectivity index (χ1n) is 9.74. The van der Waals surface area contributed by atoms with Crippen LogP contribution in [0, 0.1) is 5.41 Å². The Bertz CT molecular complexity index is 798. The molecular formula is C21H31ClN4O2. The van der Waals surface area contributed by atoms with Crippen LogP contribution in [-0.2, 0) is 6.42 Å². The van der Waals surface area contributed by atoms with Crippen molar-refractivity contribution in [2.75, 3.05) is 6.54 Å². The Kier molecular flexibility index (Phi) is 7.23. The Labute approximate surface area is 173 Å². The highest BCUT2D eigenvalue weighted by Gasteiger charge is 2.30. The van der Waals surface area contributed by atoms with E-state index in [4.69, 9.17) is 10.3 Å². The molecule has 7 heteroatoms. The van der Waals surface area contributed by atoms with E-state index in [2.05, 4.69) is 30.9 Å². The fourth-order valence-corrected chi connectivity index (χ4v) is 3.61. The number of likely N-dealkylation sites (tertiary alicyclic amines) is 1. The summed E-state index contributed by atoms with van der Waals surface area (Å²) in [6, 6.07) is 7.53. The minimum absolute atomic E-state index is 0. The van der Waals surface area contributed by atoms with Gasteiger partial charge in [0.25, 0.3) is 5.91 Å². The highest BCUT2D eigenvalue weighted by atomic mass is 35.5. The predicted octanol–water partition coefficient (Wildman–Crippen LogP) is 4.09. The number of piperidine rings is 1. The largest absolute Gasteiger partial charge is 0.339 e. The van der Waals surface area contributed by atoms with Crippen LogP contribution in [0.25, 0.3) is 11.4 Å². The average Bonchev–Trinajstić information content (AvgIpc) is 3.07. The van der Waals surface area contributed by atoms with Gasteiger partial charge in [-0.2, -0.15) is 4.98 Å². The number of carbonyl (C=O) groups is 1. The number of aromatic nitrogens is 2. The monoisotopic (exact) mass is 406 g/mol. The second-order valence-electron chi connectivity index (χ2n) is 8.75. The number of nitrogens with zero attached hydrogens (tertiary/aromatic N) is 3. The van der Waals surface area contributed by atoms with Gasteiger partial charge in [-0.3, -0.25) is 4.79 Å². The highest BCUT2D eigenvalue weighted by molar-refractivity contribution is 5.95. The van der Waals surface area contributed by atoms with Crippen molar-refractivity contribution in [3.05, 3.63) is 35.7 Å². The van der Waals surface area contributed by atoms with Crippen LogP contribution >= 0.6 is 12.4 Å². The van der Waals surface area contributed by atoms with Crippen LogP contribution in [0.3, 0.4) is 0 Å². The molecule has 1 aromatic carbocycles. The molecule has 1 amide bonds. The fraction of sp³-hybridized carbons (Fsp3) is 0.571. The van der Waals surface area contributed by atoms with Crippen molar-refractivity contribution in [1.29, 1.82) is 0 Å². The van der Waals surface area contributed by atoms with Gasteiger partial charge in [0.2, 0.25) is 11.7 Å². The number of rotatable bonds is 4. The van der Waals surface area contributed by atoms with Crippen LogP contribution in [-0.4, -0.2) is 39.6 Å². The van der Waals surface area contributed by atoms with Gasteiger partial charge in [0.15, 0.2) is 0 Å². The van der Waals surface area contributed by atoms with Crippen molar-refractivity contribution in [2.24, 2.45) is 11.1 Å². The molecule has 0 bridgehead atoms. The Morgan fingerprint density at radius 2 is 2.11 bits per heavy atom. The Hall–Kier alpha value is -1.92. The van der Waals surface area contributed by atoms with Gasteiger partial charge >= 0.3 is 0 Å². The highest BCUT2D eigenvalue weighted by Crippen LogP contribution is 2.25. The first-order valence-corrected chi connectivity index (χ1v) is 9.74. The molecule has 0 aliphatic carbocycles. The zero-order valence-corrected chi connectivity index (χ0v) is 18.0. The lowest BCUT2D eigenvalue weighted by Crippen LogP contribution is -2.51. The maximum Gasteiger partial charge on any atom is 0.254 e. The summed E-state index contributed by atoms with van der Waals surface area (Å²) in [5.74, 6) is 1.16. The number of hydrogen-bond acceptors (Lipinski definition) is 5. The molecule has 1 saturated heterocycles. The van der Waals surface area contributed by atoms with Crippen LogP contribution in [0.2, 0.25) is 0 Å². The standard InChI is InChI=1S/C21H30N4O2.ClH/c1-14(22)17-10-5-6-11-25(17)20(26)16-9-7-8-15(12-16)19-23-18(27-24-19)13-21(2,3)4;/h7-9,12,14,17H,5-6,10-11,13,22H2,1-4H3;1H. The SMILES string of the molecule is CC(N)C1CCCCN1C(=O)c1cccc(-c2noc(CC(C)(C)C)n2)c1.Cl. The van der Waals surface area contributed by atoms with E-state index < -0.39 is 0 Å². The Morgan fingerprint density at radius 3 is 2.79 bits per heavy atom. The summed E-state index contributed by atoms with van der Waals surface area (Å²) in [5, 5.41) is 4.10. The van der Waals surface area contributed by atoms with Gasteiger partial charge in [-0.25, -0.2) is 0 Å². The van der Waals surface area contributed by atoms with Crippen LogP contribution < -0.4 is 5.73 Å². The normalized spacial score (nSPS) is 18.5. The average molecular weight is 407 g/mol. The minimum atomic E-state index is -0.0328. The van der Waals surface area contributed by atoms with Crippen molar-refractivity contribution in [2.45, 2.75) is 65.5 Å². The molecule has 2 atom stereocenters. The molecule has 6 nitrogen and oxygen atoms in total. The van der Waals surface area contributed by atoms with Gasteiger partial charge < -0.3 is 15.2 Å². The summed E-state index contributed by atoms with van der Waals surface area (Å²) in [5.41, 5.74) is 7.63. The van der Waals surface area contributed by atoms with Gasteiger partial charge in [0.1, 0.15) is 0 Å². The van der Waals surface area contributed by atoms with E-state index in [-0.39, 0.29) is 35.8 Å². The first-order chi connectivity index (χ1) is 12.7. The van der Waals surface area contributed by atoms with Gasteiger partial charge in [0.05, 0.1) is 0 Å². The first kappa shape index (κ1) is 22.4. The second-order valence-corrected chi connectivity index (χ2v) is 8.75. The van der Waals surface area contributed by atoms with E-state index in [1.165, 1.54) is 0 Å². The van der Waals surface area contributed by atoms with Gasteiger partial charge in [-0.05, 0) is 43.7 Å². The summed E-state index contributed by atoms with van der Waals surface area (Å²) < 4.78 is 5.39. The lowest BCUT2D eigenvalue weighted by atomic mass is 9.92. The van der Waals surface area contributed by atoms with Crippen molar-refractivity contribution < 1.29 is 9.32 Å². The molecule has 2 N–H and O–H groups in total. The van der Waals surface area contributed by atoms with Crippen molar-refractivity contribution in [3.63, 3.8) is 0 Å². The lowest BCUT2D eigenvalue weighted by Gasteiger charge is -2.38. The quantitative estimate of drug-likeness (QED) is 0.826. The molecule has 154 valence electrons. The summed E-state index contributed by atoms with van der Waals surface area (Å²) in [7, 11) is 0. The fourth-order valence-electron chi connectivity index (χ4n) is 3.61. The minimum Gasteiger partial charge on any atom is -0.339 e. The molecule has 1 fully saturated rings. The number of carbonyl (C=O) groups excluding carboxylic acids is 1. The predicted molar refractivity (Wildman–Crippen MR) is 112 cm³/mol. The van der Waals surface area contributed by atoms with E-state index in [1.54, 1.807) is 0 Å². The van der Waals surface area contributed by atoms with Gasteiger partial charge in [-0.1, -0.05) is 38.1 Å². The molecule has 2 aromatic rings. The Balaban J connectivity index is 0.00000280. The molecule has 0 saturated carbocycles. The smallest absolute Gasteiger partial charge is 0.254 e. The van der Waals surface area contributed by atoms with Crippen LogP contribution in [0.5, 0.6) is 0 Å². The number of halogens is 1. The third-order valence-electron chi connectivity index (χ3n) is 4.93. The van der Waals surface area contributed by atoms with Gasteiger partial charge in [-0.15, -0.1) is 12.4 Å². The molecule has 2 heterocycles. The summed E-state index contributed by atoms with van der Waals surface area (Å²) >= 11 is 0. The van der Waals surface area contributed by atoms with E-state index in [9.17, 15) is 4.79 Å². The summed E-state index contributed by atoms with van der Waals surface area (Å²) in [6.07, 6.45) is 3.82. The topological polar surface area (TPSA) is 85.2 Å².